The molecule has 19 heteroatoms. The van der Waals surface area contributed by atoms with Crippen LogP contribution in [0.15, 0.2) is 71.8 Å². The van der Waals surface area contributed by atoms with Crippen molar-refractivity contribution in [3.05, 3.63) is 82.9 Å². The molecule has 2 heterocycles. The molecule has 79 heavy (non-hydrogen) atoms. The lowest BCUT2D eigenvalue weighted by molar-refractivity contribution is -0.347. The largest absolute Gasteiger partial charge is 0.509 e. The minimum absolute atomic E-state index is 0.0858. The Morgan fingerprint density at radius 1 is 0.873 bits per heavy atom. The fraction of sp³-hybridized carbons (Fsp3) is 0.667. The van der Waals surface area contributed by atoms with E-state index >= 15 is 9.59 Å². The number of Topliss-reactive ketones (excluding diaryl/α,β-unsaturated/α-hetero) is 1. The number of ether oxygens (including phenoxy) is 11. The molecule has 2 saturated heterocycles. The van der Waals surface area contributed by atoms with Crippen molar-refractivity contribution in [2.45, 2.75) is 205 Å². The molecule has 2 aromatic rings. The zero-order valence-electron chi connectivity index (χ0n) is 48.0. The van der Waals surface area contributed by atoms with Crippen LogP contribution in [0.5, 0.6) is 0 Å². The van der Waals surface area contributed by atoms with E-state index in [0.29, 0.717) is 24.0 Å². The molecule has 0 unspecified atom stereocenters. The highest BCUT2D eigenvalue weighted by molar-refractivity contribution is 5.94. The number of rotatable bonds is 21. The first-order valence-electron chi connectivity index (χ1n) is 27.9. The van der Waals surface area contributed by atoms with E-state index in [1.54, 1.807) is 97.0 Å². The summed E-state index contributed by atoms with van der Waals surface area (Å²) in [7, 11) is 2.77. The van der Waals surface area contributed by atoms with Gasteiger partial charge in [-0.25, -0.2) is 19.2 Å². The summed E-state index contributed by atoms with van der Waals surface area (Å²) < 4.78 is 67.9. The number of methoxy groups -OCH3 is 2. The number of aliphatic hydroxyl groups is 1. The normalized spacial score (nSPS) is 30.4. The molecule has 2 bridgehead atoms. The number of carbonyl (C=O) groups excluding carboxylic acids is 6. The van der Waals surface area contributed by atoms with E-state index in [1.807, 2.05) is 0 Å². The third kappa shape index (κ3) is 12.4. The van der Waals surface area contributed by atoms with Gasteiger partial charge in [0.1, 0.15) is 54.4 Å². The monoisotopic (exact) mass is 1110 g/mol. The predicted octanol–water partition coefficient (Wildman–Crippen LogP) is 9.00. The summed E-state index contributed by atoms with van der Waals surface area (Å²) in [6.45, 7) is 16.7. The number of esters is 3. The fourth-order valence-corrected chi connectivity index (χ4v) is 12.8. The highest BCUT2D eigenvalue weighted by atomic mass is 16.8. The zero-order chi connectivity index (χ0) is 57.7. The Kier molecular flexibility index (Phi) is 19.2. The van der Waals surface area contributed by atoms with Crippen molar-refractivity contribution in [1.82, 2.24) is 5.32 Å². The van der Waals surface area contributed by atoms with Crippen LogP contribution in [0.4, 0.5) is 9.59 Å². The molecular weight excluding hydrogens is 1020 g/mol. The molecule has 12 atom stereocenters. The Hall–Kier alpha value is -5.44. The number of fused-ring (bicyclic) bond motifs is 5. The number of amides is 1. The predicted molar refractivity (Wildman–Crippen MR) is 285 cm³/mol. The van der Waals surface area contributed by atoms with Crippen molar-refractivity contribution in [3.8, 4) is 0 Å². The van der Waals surface area contributed by atoms with E-state index < -0.39 is 130 Å². The minimum atomic E-state index is -2.32. The second-order valence-electron chi connectivity index (χ2n) is 23.5. The van der Waals surface area contributed by atoms with Crippen molar-refractivity contribution in [3.63, 3.8) is 0 Å². The van der Waals surface area contributed by atoms with Gasteiger partial charge in [0.2, 0.25) is 6.10 Å². The molecule has 4 fully saturated rings. The molecule has 0 aromatic heterocycles. The van der Waals surface area contributed by atoms with Crippen molar-refractivity contribution in [2.75, 3.05) is 34.0 Å². The molecule has 19 nitrogen and oxygen atoms in total. The van der Waals surface area contributed by atoms with Crippen LogP contribution in [-0.2, 0) is 66.5 Å². The van der Waals surface area contributed by atoms with Gasteiger partial charge in [-0.1, -0.05) is 102 Å². The molecule has 2 aromatic carbocycles. The third-order valence-corrected chi connectivity index (χ3v) is 16.9. The van der Waals surface area contributed by atoms with E-state index in [9.17, 15) is 24.3 Å². The molecule has 436 valence electrons. The number of hydrogen-bond acceptors (Lipinski definition) is 18. The van der Waals surface area contributed by atoms with Crippen LogP contribution in [0.1, 0.15) is 155 Å². The van der Waals surface area contributed by atoms with Crippen LogP contribution in [0.25, 0.3) is 0 Å². The highest BCUT2D eigenvalue weighted by Crippen LogP contribution is 2.65. The standard InChI is InChI=1S/C60H83NO18/c1-13-15-23-29-58(30-24-16-14-2)73-34-40(78-58)33-71-54(67)75-47(45(38-25-19-17-20-26-38)61-53(66)79-55(5,6)7)52(65)74-41-32-60(68)50(76-51(64)39-27-21-18-22-28-39)48-57(10,49(63)46(70-12)44(36(41)3)56(60,8)9)42(69-11)31-43-59(48,35-72-43)77-37(4)62/h17-22,25-28,40-43,45-48,50,68H,13-16,23-24,29-35H2,1-12H3,(H,61,66)/t40-,41+,42+,43-,45+,46-,47-,48+,50+,57-,59+,60-/m1/s1. The van der Waals surface area contributed by atoms with Gasteiger partial charge in [-0.3, -0.25) is 9.59 Å². The van der Waals surface area contributed by atoms with Crippen molar-refractivity contribution in [1.29, 1.82) is 0 Å². The van der Waals surface area contributed by atoms with Gasteiger partial charge in [-0.05, 0) is 76.3 Å². The second-order valence-corrected chi connectivity index (χ2v) is 23.5. The maximum absolute atomic E-state index is 15.9. The molecular formula is C60H83NO18. The van der Waals surface area contributed by atoms with Crippen molar-refractivity contribution < 1.29 is 86.0 Å². The lowest BCUT2D eigenvalue weighted by Gasteiger charge is -2.67. The topological polar surface area (TPSA) is 236 Å². The average molecular weight is 1110 g/mol. The van der Waals surface area contributed by atoms with Crippen LogP contribution in [0.3, 0.4) is 0 Å². The van der Waals surface area contributed by atoms with E-state index in [0.717, 1.165) is 38.5 Å². The molecule has 2 saturated carbocycles. The maximum Gasteiger partial charge on any atom is 0.509 e. The number of benzene rings is 2. The van der Waals surface area contributed by atoms with Crippen LogP contribution in [-0.4, -0.2) is 140 Å². The van der Waals surface area contributed by atoms with Crippen LogP contribution < -0.4 is 5.32 Å². The summed E-state index contributed by atoms with van der Waals surface area (Å²) in [4.78, 5) is 87.2. The lowest BCUT2D eigenvalue weighted by atomic mass is 9.44. The zero-order valence-corrected chi connectivity index (χ0v) is 48.0. The minimum Gasteiger partial charge on any atom is -0.455 e. The molecule has 0 radical (unpaired) electrons. The van der Waals surface area contributed by atoms with Gasteiger partial charge in [0, 0.05) is 52.2 Å². The van der Waals surface area contributed by atoms with Gasteiger partial charge < -0.3 is 62.5 Å². The molecule has 0 spiro atoms. The Labute approximate surface area is 464 Å². The van der Waals surface area contributed by atoms with E-state index in [-0.39, 0.29) is 37.4 Å². The van der Waals surface area contributed by atoms with Gasteiger partial charge in [0.25, 0.3) is 0 Å². The lowest BCUT2D eigenvalue weighted by Crippen LogP contribution is -2.82. The smallest absolute Gasteiger partial charge is 0.455 e. The van der Waals surface area contributed by atoms with Crippen LogP contribution >= 0.6 is 0 Å². The number of unbranched alkanes of at least 4 members (excludes halogenated alkanes) is 4. The average Bonchev–Trinajstić information content (AvgIpc) is 3.65. The van der Waals surface area contributed by atoms with Gasteiger partial charge in [-0.2, -0.15) is 0 Å². The van der Waals surface area contributed by atoms with Gasteiger partial charge in [0.15, 0.2) is 17.2 Å². The van der Waals surface area contributed by atoms with Gasteiger partial charge in [0.05, 0.1) is 36.2 Å². The van der Waals surface area contributed by atoms with Crippen molar-refractivity contribution in [2.24, 2.45) is 16.7 Å². The van der Waals surface area contributed by atoms with Gasteiger partial charge in [-0.15, -0.1) is 0 Å². The summed E-state index contributed by atoms with van der Waals surface area (Å²) in [5, 5.41) is 16.8. The first-order chi connectivity index (χ1) is 37.3. The van der Waals surface area contributed by atoms with E-state index in [4.69, 9.17) is 52.1 Å². The van der Waals surface area contributed by atoms with Gasteiger partial charge >= 0.3 is 30.2 Å². The molecule has 3 aliphatic carbocycles. The Bertz CT molecular complexity index is 2520. The highest BCUT2D eigenvalue weighted by Gasteiger charge is 2.78. The van der Waals surface area contributed by atoms with Crippen molar-refractivity contribution >= 4 is 35.9 Å². The van der Waals surface area contributed by atoms with Crippen LogP contribution in [0.2, 0.25) is 0 Å². The number of ketones is 1. The first-order valence-corrected chi connectivity index (χ1v) is 27.9. The summed E-state index contributed by atoms with van der Waals surface area (Å²) in [6.07, 6.45) is -4.71. The summed E-state index contributed by atoms with van der Waals surface area (Å²) in [5.74, 6) is -5.56. The number of carbonyl (C=O) groups is 6. The quantitative estimate of drug-likeness (QED) is 0.0513. The van der Waals surface area contributed by atoms with E-state index in [1.165, 1.54) is 33.3 Å². The fourth-order valence-electron chi connectivity index (χ4n) is 12.8. The first kappa shape index (κ1) is 61.2. The summed E-state index contributed by atoms with van der Waals surface area (Å²) in [5.41, 5.74) is -7.34. The Morgan fingerprint density at radius 3 is 2.06 bits per heavy atom. The SMILES string of the molecule is CCCCCC1(CCCCC)OC[C@@H](COC(=O)O[C@@H](C(=O)O[C@H]2C[C@@]3(O)[C@@H](OC(=O)c4ccccc4)[C@@H]4[C@]5(OC(C)=O)CO[C@@H]5C[C@H](OC)[C@@]4(C)C(=O)[C@H](OC)C(=C2C)C3(C)C)[C@@H](NC(=O)OC(C)(C)C)c2ccccc2)O1. The number of hydrogen-bond donors (Lipinski definition) is 2. The summed E-state index contributed by atoms with van der Waals surface area (Å²) in [6, 6.07) is 14.9. The molecule has 5 aliphatic rings. The van der Waals surface area contributed by atoms with Crippen LogP contribution in [0, 0.1) is 16.7 Å². The molecule has 2 aliphatic heterocycles. The molecule has 2 N–H and O–H groups in total. The Balaban J connectivity index is 1.32. The third-order valence-electron chi connectivity index (χ3n) is 16.9. The molecule has 1 amide bonds. The van der Waals surface area contributed by atoms with E-state index in [2.05, 4.69) is 19.2 Å². The number of alkyl carbamates (subject to hydrolysis) is 1. The number of nitrogens with one attached hydrogen (secondary N) is 1. The summed E-state index contributed by atoms with van der Waals surface area (Å²) >= 11 is 0. The maximum atomic E-state index is 15.9. The second kappa shape index (κ2) is 24.7. The Morgan fingerprint density at radius 2 is 1.51 bits per heavy atom. The molecule has 7 rings (SSSR count).